The number of amides is 3. The Kier molecular flexibility index (Phi) is 9.95. The number of hydrogen-bond acceptors (Lipinski definition) is 5. The van der Waals surface area contributed by atoms with Gasteiger partial charge in [0, 0.05) is 18.0 Å². The molecule has 188 valence electrons. The molecule has 3 amide bonds. The lowest BCUT2D eigenvalue weighted by molar-refractivity contribution is -0.139. The first-order valence-corrected chi connectivity index (χ1v) is 12.1. The van der Waals surface area contributed by atoms with Gasteiger partial charge >= 0.3 is 6.09 Å². The number of ether oxygens (including phenoxy) is 1. The van der Waals surface area contributed by atoms with Crippen molar-refractivity contribution in [1.29, 1.82) is 0 Å². The van der Waals surface area contributed by atoms with Crippen molar-refractivity contribution >= 4 is 36.2 Å². The van der Waals surface area contributed by atoms with Gasteiger partial charge in [0.05, 0.1) is 0 Å². The van der Waals surface area contributed by atoms with Crippen molar-refractivity contribution in [2.75, 3.05) is 17.6 Å². The quantitative estimate of drug-likeness (QED) is 0.342. The molecule has 0 aliphatic rings. The molecule has 7 nitrogen and oxygen atoms in total. The number of aryl methyl sites for hydroxylation is 2. The number of thiol groups is 1. The summed E-state index contributed by atoms with van der Waals surface area (Å²) in [5.74, 6) is -0.830. The predicted octanol–water partition coefficient (Wildman–Crippen LogP) is 4.82. The van der Waals surface area contributed by atoms with Crippen LogP contribution in [0.5, 0.6) is 0 Å². The van der Waals surface area contributed by atoms with Crippen LogP contribution in [0.1, 0.15) is 43.5 Å². The molecule has 2 unspecified atom stereocenters. The molecule has 2 atom stereocenters. The molecule has 35 heavy (non-hydrogen) atoms. The molecular formula is C27H35N3O4S. The monoisotopic (exact) mass is 497 g/mol. The van der Waals surface area contributed by atoms with E-state index in [-0.39, 0.29) is 18.2 Å². The van der Waals surface area contributed by atoms with E-state index in [0.29, 0.717) is 11.3 Å². The third-order valence-electron chi connectivity index (χ3n) is 5.23. The molecule has 0 saturated heterocycles. The van der Waals surface area contributed by atoms with Gasteiger partial charge in [-0.3, -0.25) is 9.59 Å². The van der Waals surface area contributed by atoms with E-state index in [9.17, 15) is 14.4 Å². The number of carbonyl (C=O) groups is 3. The van der Waals surface area contributed by atoms with E-state index in [0.717, 1.165) is 11.1 Å². The fourth-order valence-electron chi connectivity index (χ4n) is 3.56. The summed E-state index contributed by atoms with van der Waals surface area (Å²) in [6.45, 7) is 12.8. The molecule has 0 aromatic heterocycles. The van der Waals surface area contributed by atoms with E-state index in [4.69, 9.17) is 4.74 Å². The van der Waals surface area contributed by atoms with Crippen molar-refractivity contribution in [3.05, 3.63) is 77.9 Å². The zero-order valence-electron chi connectivity index (χ0n) is 21.0. The molecule has 2 aromatic carbocycles. The summed E-state index contributed by atoms with van der Waals surface area (Å²) >= 11 is 4.28. The summed E-state index contributed by atoms with van der Waals surface area (Å²) in [6, 6.07) is 12.8. The van der Waals surface area contributed by atoms with Gasteiger partial charge in [0.1, 0.15) is 17.7 Å². The lowest BCUT2D eigenvalue weighted by Crippen LogP contribution is -2.53. The summed E-state index contributed by atoms with van der Waals surface area (Å²) in [5, 5.41) is 5.55. The average Bonchev–Trinajstić information content (AvgIpc) is 2.78. The Morgan fingerprint density at radius 2 is 1.66 bits per heavy atom. The lowest BCUT2D eigenvalue weighted by Gasteiger charge is -2.34. The van der Waals surface area contributed by atoms with E-state index >= 15 is 0 Å². The summed E-state index contributed by atoms with van der Waals surface area (Å²) in [5.41, 5.74) is 2.34. The molecule has 2 aromatic rings. The first-order valence-electron chi connectivity index (χ1n) is 11.4. The number of alkyl carbamates (subject to hydrolysis) is 1. The molecule has 2 rings (SSSR count). The SMILES string of the molecule is C=CCN(C(=O)C(CS)NC(=O)OC(C)(C)C)C(C(=O)Nc1ccccc1C)c1ccccc1C. The van der Waals surface area contributed by atoms with Gasteiger partial charge in [-0.25, -0.2) is 4.79 Å². The standard InChI is InChI=1S/C27H35N3O4S/c1-7-16-30(25(32)22(17-35)29-26(33)34-27(4,5)6)23(20-14-10-8-12-18(20)2)24(31)28-21-15-11-9-13-19(21)3/h7-15,22-23,35H,1,16-17H2,2-6H3,(H,28,31)(H,29,33). The first-order chi connectivity index (χ1) is 16.5. The van der Waals surface area contributed by atoms with Crippen molar-refractivity contribution in [2.24, 2.45) is 0 Å². The molecular weight excluding hydrogens is 462 g/mol. The second kappa shape index (κ2) is 12.4. The van der Waals surface area contributed by atoms with Crippen molar-refractivity contribution in [2.45, 2.75) is 52.3 Å². The topological polar surface area (TPSA) is 87.7 Å². The third kappa shape index (κ3) is 7.89. The molecule has 0 radical (unpaired) electrons. The summed E-state index contributed by atoms with van der Waals surface area (Å²) < 4.78 is 5.31. The number of hydrogen-bond donors (Lipinski definition) is 3. The highest BCUT2D eigenvalue weighted by Gasteiger charge is 2.36. The predicted molar refractivity (Wildman–Crippen MR) is 143 cm³/mol. The van der Waals surface area contributed by atoms with E-state index in [1.54, 1.807) is 26.8 Å². The summed E-state index contributed by atoms with van der Waals surface area (Å²) in [4.78, 5) is 41.2. The van der Waals surface area contributed by atoms with Crippen LogP contribution in [0.15, 0.2) is 61.2 Å². The number of nitrogens with one attached hydrogen (secondary N) is 2. The van der Waals surface area contributed by atoms with Crippen LogP contribution >= 0.6 is 12.6 Å². The number of anilines is 1. The van der Waals surface area contributed by atoms with Gasteiger partial charge in [0.25, 0.3) is 5.91 Å². The Bertz CT molecular complexity index is 1060. The maximum absolute atomic E-state index is 13.7. The summed E-state index contributed by atoms with van der Waals surface area (Å²) in [6.07, 6.45) is 0.813. The number of carbonyl (C=O) groups excluding carboxylic acids is 3. The van der Waals surface area contributed by atoms with Crippen LogP contribution < -0.4 is 10.6 Å². The highest BCUT2D eigenvalue weighted by Crippen LogP contribution is 2.27. The number of nitrogens with zero attached hydrogens (tertiary/aromatic N) is 1. The Morgan fingerprint density at radius 1 is 1.06 bits per heavy atom. The Morgan fingerprint density at radius 3 is 2.20 bits per heavy atom. The normalized spacial score (nSPS) is 12.7. The Hall–Kier alpha value is -3.26. The molecule has 0 saturated carbocycles. The zero-order valence-corrected chi connectivity index (χ0v) is 21.9. The van der Waals surface area contributed by atoms with Crippen molar-refractivity contribution in [3.63, 3.8) is 0 Å². The van der Waals surface area contributed by atoms with E-state index in [1.165, 1.54) is 4.90 Å². The van der Waals surface area contributed by atoms with Crippen LogP contribution in [-0.4, -0.2) is 46.7 Å². The minimum Gasteiger partial charge on any atom is -0.444 e. The van der Waals surface area contributed by atoms with Crippen LogP contribution in [0, 0.1) is 13.8 Å². The Balaban J connectivity index is 2.46. The lowest BCUT2D eigenvalue weighted by atomic mass is 9.98. The largest absolute Gasteiger partial charge is 0.444 e. The smallest absolute Gasteiger partial charge is 0.408 e. The molecule has 0 spiro atoms. The van der Waals surface area contributed by atoms with Crippen molar-refractivity contribution in [3.8, 4) is 0 Å². The van der Waals surface area contributed by atoms with E-state index < -0.39 is 29.7 Å². The molecule has 8 heteroatoms. The second-order valence-corrected chi connectivity index (χ2v) is 9.59. The highest BCUT2D eigenvalue weighted by molar-refractivity contribution is 7.80. The molecule has 0 aliphatic carbocycles. The van der Waals surface area contributed by atoms with Crippen molar-refractivity contribution in [1.82, 2.24) is 10.2 Å². The van der Waals surface area contributed by atoms with Gasteiger partial charge in [-0.1, -0.05) is 48.5 Å². The third-order valence-corrected chi connectivity index (χ3v) is 5.59. The van der Waals surface area contributed by atoms with Gasteiger partial charge in [0.2, 0.25) is 5.91 Å². The van der Waals surface area contributed by atoms with Gasteiger partial charge in [-0.2, -0.15) is 12.6 Å². The minimum atomic E-state index is -1.01. The highest BCUT2D eigenvalue weighted by atomic mass is 32.1. The fourth-order valence-corrected chi connectivity index (χ4v) is 3.80. The van der Waals surface area contributed by atoms with E-state index in [1.807, 2.05) is 62.4 Å². The zero-order chi connectivity index (χ0) is 26.2. The first kappa shape index (κ1) is 28.0. The van der Waals surface area contributed by atoms with Gasteiger partial charge < -0.3 is 20.3 Å². The van der Waals surface area contributed by atoms with Gasteiger partial charge in [0.15, 0.2) is 0 Å². The van der Waals surface area contributed by atoms with Crippen molar-refractivity contribution < 1.29 is 19.1 Å². The second-order valence-electron chi connectivity index (χ2n) is 9.22. The molecule has 0 fully saturated rings. The summed E-state index contributed by atoms with van der Waals surface area (Å²) in [7, 11) is 0. The molecule has 0 heterocycles. The molecule has 0 aliphatic heterocycles. The average molecular weight is 498 g/mol. The van der Waals surface area contributed by atoms with Gasteiger partial charge in [-0.15, -0.1) is 6.58 Å². The van der Waals surface area contributed by atoms with E-state index in [2.05, 4.69) is 29.8 Å². The maximum atomic E-state index is 13.7. The number of para-hydroxylation sites is 1. The maximum Gasteiger partial charge on any atom is 0.408 e. The Labute approximate surface area is 213 Å². The fraction of sp³-hybridized carbons (Fsp3) is 0.370. The van der Waals surface area contributed by atoms with Crippen LogP contribution in [0.2, 0.25) is 0 Å². The van der Waals surface area contributed by atoms with Crippen LogP contribution in [0.4, 0.5) is 10.5 Å². The molecule has 0 bridgehead atoms. The minimum absolute atomic E-state index is 0.0195. The molecule has 2 N–H and O–H groups in total. The van der Waals surface area contributed by atoms with Crippen LogP contribution in [0.25, 0.3) is 0 Å². The van der Waals surface area contributed by atoms with Gasteiger partial charge in [-0.05, 0) is 57.4 Å². The number of benzene rings is 2. The van der Waals surface area contributed by atoms with Crippen LogP contribution in [-0.2, 0) is 14.3 Å². The van der Waals surface area contributed by atoms with Crippen LogP contribution in [0.3, 0.4) is 0 Å². The number of rotatable bonds is 9.